The second-order valence-electron chi connectivity index (χ2n) is 4.73. The van der Waals surface area contributed by atoms with Crippen molar-refractivity contribution in [3.63, 3.8) is 0 Å². The van der Waals surface area contributed by atoms with Crippen LogP contribution >= 0.6 is 0 Å². The number of sulfonamides is 1. The van der Waals surface area contributed by atoms with Crippen molar-refractivity contribution in [2.24, 2.45) is 0 Å². The van der Waals surface area contributed by atoms with E-state index < -0.39 is 10.0 Å². The van der Waals surface area contributed by atoms with Crippen molar-refractivity contribution in [2.45, 2.75) is 38.8 Å². The van der Waals surface area contributed by atoms with E-state index in [0.717, 1.165) is 25.9 Å². The number of hydrogen-bond donors (Lipinski definition) is 1. The summed E-state index contributed by atoms with van der Waals surface area (Å²) in [5.74, 6) is 0.0750. The second-order valence-corrected chi connectivity index (χ2v) is 6.88. The van der Waals surface area contributed by atoms with Crippen molar-refractivity contribution < 1.29 is 13.2 Å². The van der Waals surface area contributed by atoms with Crippen molar-refractivity contribution >= 4 is 10.0 Å². The quantitative estimate of drug-likeness (QED) is 0.755. The number of ether oxygens (including phenoxy) is 1. The average molecular weight is 264 g/mol. The van der Waals surface area contributed by atoms with E-state index >= 15 is 0 Å². The average Bonchev–Trinajstić information content (AvgIpc) is 2.28. The molecule has 0 spiro atoms. The van der Waals surface area contributed by atoms with Gasteiger partial charge in [-0.15, -0.1) is 0 Å². The molecule has 1 rings (SSSR count). The molecule has 6 heteroatoms. The van der Waals surface area contributed by atoms with Gasteiger partial charge in [0.15, 0.2) is 0 Å². The van der Waals surface area contributed by atoms with E-state index in [1.54, 1.807) is 7.05 Å². The zero-order chi connectivity index (χ0) is 12.9. The molecule has 0 aliphatic carbocycles. The highest BCUT2D eigenvalue weighted by atomic mass is 32.2. The lowest BCUT2D eigenvalue weighted by Crippen LogP contribution is -2.45. The van der Waals surface area contributed by atoms with Crippen molar-refractivity contribution in [3.8, 4) is 0 Å². The summed E-state index contributed by atoms with van der Waals surface area (Å²) in [4.78, 5) is 0. The Morgan fingerprint density at radius 1 is 1.35 bits per heavy atom. The maximum Gasteiger partial charge on any atom is 0.216 e. The first kappa shape index (κ1) is 14.9. The standard InChI is InChI=1S/C11H24N2O3S/c1-10(2)16-8-9-17(14,15)13(3)11-4-6-12-7-5-11/h10-12H,4-9H2,1-3H3. The Labute approximate surface area is 105 Å². The highest BCUT2D eigenvalue weighted by molar-refractivity contribution is 7.89. The van der Waals surface area contributed by atoms with Crippen LogP contribution in [-0.2, 0) is 14.8 Å². The SMILES string of the molecule is CC(C)OCCS(=O)(=O)N(C)C1CCNCC1. The Morgan fingerprint density at radius 2 is 1.94 bits per heavy atom. The van der Waals surface area contributed by atoms with Crippen LogP contribution in [0.3, 0.4) is 0 Å². The van der Waals surface area contributed by atoms with Crippen LogP contribution in [0.1, 0.15) is 26.7 Å². The summed E-state index contributed by atoms with van der Waals surface area (Å²) in [5, 5.41) is 3.23. The molecule has 0 bridgehead atoms. The fraction of sp³-hybridized carbons (Fsp3) is 1.00. The predicted octanol–water partition coefficient (Wildman–Crippen LogP) is 0.425. The monoisotopic (exact) mass is 264 g/mol. The minimum absolute atomic E-state index is 0.0750. The summed E-state index contributed by atoms with van der Waals surface area (Å²) < 4.78 is 30.9. The third-order valence-corrected chi connectivity index (χ3v) is 4.91. The van der Waals surface area contributed by atoms with Gasteiger partial charge in [-0.3, -0.25) is 0 Å². The van der Waals surface area contributed by atoms with E-state index in [2.05, 4.69) is 5.32 Å². The molecule has 17 heavy (non-hydrogen) atoms. The largest absolute Gasteiger partial charge is 0.378 e. The highest BCUT2D eigenvalue weighted by Crippen LogP contribution is 2.14. The molecular weight excluding hydrogens is 240 g/mol. The topological polar surface area (TPSA) is 58.6 Å². The van der Waals surface area contributed by atoms with Gasteiger partial charge in [0.2, 0.25) is 10.0 Å². The fourth-order valence-electron chi connectivity index (χ4n) is 1.93. The van der Waals surface area contributed by atoms with E-state index in [0.29, 0.717) is 0 Å². The molecule has 0 amide bonds. The Bertz CT molecular complexity index is 311. The number of nitrogens with one attached hydrogen (secondary N) is 1. The Balaban J connectivity index is 2.44. The molecule has 1 saturated heterocycles. The van der Waals surface area contributed by atoms with Crippen LogP contribution in [0.4, 0.5) is 0 Å². The van der Waals surface area contributed by atoms with E-state index in [-0.39, 0.29) is 24.5 Å². The molecule has 0 aromatic carbocycles. The molecule has 1 fully saturated rings. The third kappa shape index (κ3) is 4.91. The minimum atomic E-state index is -3.18. The van der Waals surface area contributed by atoms with Crippen LogP contribution in [0.15, 0.2) is 0 Å². The first-order valence-electron chi connectivity index (χ1n) is 6.21. The van der Waals surface area contributed by atoms with Crippen molar-refractivity contribution in [2.75, 3.05) is 32.5 Å². The number of rotatable bonds is 6. The molecule has 0 atom stereocenters. The van der Waals surface area contributed by atoms with Gasteiger partial charge in [0.05, 0.1) is 18.5 Å². The zero-order valence-electron chi connectivity index (χ0n) is 11.0. The molecule has 102 valence electrons. The van der Waals surface area contributed by atoms with Gasteiger partial charge in [0.1, 0.15) is 0 Å². The van der Waals surface area contributed by atoms with Crippen molar-refractivity contribution in [3.05, 3.63) is 0 Å². The Hall–Kier alpha value is -0.170. The van der Waals surface area contributed by atoms with Gasteiger partial charge in [-0.2, -0.15) is 0 Å². The van der Waals surface area contributed by atoms with E-state index in [1.165, 1.54) is 4.31 Å². The lowest BCUT2D eigenvalue weighted by atomic mass is 10.1. The van der Waals surface area contributed by atoms with Crippen LogP contribution in [0.2, 0.25) is 0 Å². The van der Waals surface area contributed by atoms with Gasteiger partial charge in [-0.05, 0) is 39.8 Å². The molecule has 1 aliphatic rings. The molecule has 1 heterocycles. The fourth-order valence-corrected chi connectivity index (χ4v) is 3.19. The molecular formula is C11H24N2O3S. The van der Waals surface area contributed by atoms with Gasteiger partial charge in [-0.25, -0.2) is 12.7 Å². The van der Waals surface area contributed by atoms with E-state index in [1.807, 2.05) is 13.8 Å². The van der Waals surface area contributed by atoms with Gasteiger partial charge < -0.3 is 10.1 Å². The van der Waals surface area contributed by atoms with Gasteiger partial charge in [0.25, 0.3) is 0 Å². The Kier molecular flexibility index (Phi) is 5.85. The summed E-state index contributed by atoms with van der Waals surface area (Å²) in [6.07, 6.45) is 1.86. The van der Waals surface area contributed by atoms with E-state index in [4.69, 9.17) is 4.74 Å². The second kappa shape index (κ2) is 6.68. The molecule has 0 aromatic heterocycles. The molecule has 0 saturated carbocycles. The van der Waals surface area contributed by atoms with Crippen molar-refractivity contribution in [1.29, 1.82) is 0 Å². The first-order chi connectivity index (χ1) is 7.93. The van der Waals surface area contributed by atoms with Gasteiger partial charge in [0, 0.05) is 13.1 Å². The van der Waals surface area contributed by atoms with Crippen LogP contribution in [-0.4, -0.2) is 57.4 Å². The maximum absolute atomic E-state index is 12.0. The molecule has 5 nitrogen and oxygen atoms in total. The first-order valence-corrected chi connectivity index (χ1v) is 7.82. The molecule has 0 radical (unpaired) electrons. The summed E-state index contributed by atoms with van der Waals surface area (Å²) in [6.45, 7) is 5.88. The maximum atomic E-state index is 12.0. The summed E-state index contributed by atoms with van der Waals surface area (Å²) in [7, 11) is -1.49. The smallest absolute Gasteiger partial charge is 0.216 e. The Morgan fingerprint density at radius 3 is 2.47 bits per heavy atom. The lowest BCUT2D eigenvalue weighted by molar-refractivity contribution is 0.0905. The lowest BCUT2D eigenvalue weighted by Gasteiger charge is -2.30. The zero-order valence-corrected chi connectivity index (χ0v) is 11.8. The van der Waals surface area contributed by atoms with E-state index in [9.17, 15) is 8.42 Å². The molecule has 1 aliphatic heterocycles. The number of piperidine rings is 1. The predicted molar refractivity (Wildman–Crippen MR) is 68.5 cm³/mol. The molecule has 0 aromatic rings. The van der Waals surface area contributed by atoms with Crippen LogP contribution in [0.5, 0.6) is 0 Å². The van der Waals surface area contributed by atoms with Crippen LogP contribution < -0.4 is 5.32 Å². The van der Waals surface area contributed by atoms with Crippen LogP contribution in [0.25, 0.3) is 0 Å². The number of hydrogen-bond acceptors (Lipinski definition) is 4. The number of nitrogens with zero attached hydrogens (tertiary/aromatic N) is 1. The minimum Gasteiger partial charge on any atom is -0.378 e. The van der Waals surface area contributed by atoms with Gasteiger partial charge >= 0.3 is 0 Å². The third-order valence-electron chi connectivity index (χ3n) is 3.05. The van der Waals surface area contributed by atoms with Crippen molar-refractivity contribution in [1.82, 2.24) is 9.62 Å². The summed E-state index contributed by atoms with van der Waals surface area (Å²) in [5.41, 5.74) is 0. The summed E-state index contributed by atoms with van der Waals surface area (Å²) >= 11 is 0. The summed E-state index contributed by atoms with van der Waals surface area (Å²) in [6, 6.07) is 0.139. The normalized spacial score (nSPS) is 19.1. The molecule has 1 N–H and O–H groups in total. The highest BCUT2D eigenvalue weighted by Gasteiger charge is 2.27. The molecule has 0 unspecified atom stereocenters. The van der Waals surface area contributed by atoms with Crippen LogP contribution in [0, 0.1) is 0 Å². The van der Waals surface area contributed by atoms with Gasteiger partial charge in [-0.1, -0.05) is 0 Å².